The van der Waals surface area contributed by atoms with Crippen LogP contribution in [0.5, 0.6) is 5.75 Å². The maximum atomic E-state index is 5.46. The SMILES string of the molecule is COc1ccc(CCNc2ncnc(N)n2)cc1. The second kappa shape index (κ2) is 5.81. The van der Waals surface area contributed by atoms with Gasteiger partial charge in [-0.05, 0) is 24.1 Å². The van der Waals surface area contributed by atoms with Gasteiger partial charge >= 0.3 is 0 Å². The number of nitrogens with one attached hydrogen (secondary N) is 1. The van der Waals surface area contributed by atoms with E-state index in [1.54, 1.807) is 7.11 Å². The molecule has 0 atom stereocenters. The third-order valence-corrected chi connectivity index (χ3v) is 2.45. The summed E-state index contributed by atoms with van der Waals surface area (Å²) in [6, 6.07) is 7.94. The monoisotopic (exact) mass is 245 g/mol. The molecule has 18 heavy (non-hydrogen) atoms. The van der Waals surface area contributed by atoms with Crippen molar-refractivity contribution in [2.75, 3.05) is 24.7 Å². The summed E-state index contributed by atoms with van der Waals surface area (Å²) in [6.45, 7) is 0.732. The van der Waals surface area contributed by atoms with Crippen LogP contribution in [0.4, 0.5) is 11.9 Å². The van der Waals surface area contributed by atoms with Gasteiger partial charge in [-0.1, -0.05) is 12.1 Å². The molecule has 0 saturated carbocycles. The second-order valence-electron chi connectivity index (χ2n) is 3.69. The van der Waals surface area contributed by atoms with Crippen LogP contribution in [0, 0.1) is 0 Å². The van der Waals surface area contributed by atoms with Crippen molar-refractivity contribution in [2.24, 2.45) is 0 Å². The third kappa shape index (κ3) is 3.31. The first-order valence-corrected chi connectivity index (χ1v) is 5.59. The lowest BCUT2D eigenvalue weighted by molar-refractivity contribution is 0.414. The summed E-state index contributed by atoms with van der Waals surface area (Å²) < 4.78 is 5.10. The largest absolute Gasteiger partial charge is 0.497 e. The molecule has 6 nitrogen and oxygen atoms in total. The Kier molecular flexibility index (Phi) is 3.90. The normalized spacial score (nSPS) is 10.1. The molecule has 2 aromatic rings. The van der Waals surface area contributed by atoms with Gasteiger partial charge in [0.1, 0.15) is 12.1 Å². The Bertz CT molecular complexity index is 500. The maximum Gasteiger partial charge on any atom is 0.227 e. The molecular weight excluding hydrogens is 230 g/mol. The fourth-order valence-corrected chi connectivity index (χ4v) is 1.50. The second-order valence-corrected chi connectivity index (χ2v) is 3.69. The summed E-state index contributed by atoms with van der Waals surface area (Å²) in [5.74, 6) is 1.57. The minimum Gasteiger partial charge on any atom is -0.497 e. The van der Waals surface area contributed by atoms with Gasteiger partial charge in [0.05, 0.1) is 7.11 Å². The topological polar surface area (TPSA) is 86.0 Å². The molecular formula is C12H15N5O. The van der Waals surface area contributed by atoms with Crippen LogP contribution in [0.2, 0.25) is 0 Å². The lowest BCUT2D eigenvalue weighted by Crippen LogP contribution is -2.09. The van der Waals surface area contributed by atoms with Crippen molar-refractivity contribution < 1.29 is 4.74 Å². The van der Waals surface area contributed by atoms with Crippen molar-refractivity contribution in [3.63, 3.8) is 0 Å². The molecule has 0 bridgehead atoms. The summed E-state index contributed by atoms with van der Waals surface area (Å²) >= 11 is 0. The predicted molar refractivity (Wildman–Crippen MR) is 69.4 cm³/mol. The molecule has 94 valence electrons. The lowest BCUT2D eigenvalue weighted by atomic mass is 10.1. The molecule has 3 N–H and O–H groups in total. The summed E-state index contributed by atoms with van der Waals surface area (Å²) in [5, 5.41) is 3.09. The Morgan fingerprint density at radius 1 is 1.22 bits per heavy atom. The van der Waals surface area contributed by atoms with Crippen molar-refractivity contribution in [3.8, 4) is 5.75 Å². The molecule has 1 aromatic heterocycles. The number of methoxy groups -OCH3 is 1. The van der Waals surface area contributed by atoms with E-state index in [0.29, 0.717) is 5.95 Å². The van der Waals surface area contributed by atoms with E-state index >= 15 is 0 Å². The van der Waals surface area contributed by atoms with E-state index in [1.165, 1.54) is 11.9 Å². The molecule has 0 radical (unpaired) electrons. The highest BCUT2D eigenvalue weighted by Gasteiger charge is 1.98. The minimum atomic E-state index is 0.219. The highest BCUT2D eigenvalue weighted by molar-refractivity contribution is 5.30. The number of ether oxygens (including phenoxy) is 1. The molecule has 2 rings (SSSR count). The Hall–Kier alpha value is -2.37. The Balaban J connectivity index is 1.84. The number of benzene rings is 1. The number of nitrogen functional groups attached to an aromatic ring is 1. The van der Waals surface area contributed by atoms with Gasteiger partial charge in [0.25, 0.3) is 0 Å². The number of hydrogen-bond acceptors (Lipinski definition) is 6. The molecule has 0 amide bonds. The van der Waals surface area contributed by atoms with Crippen LogP contribution in [0.25, 0.3) is 0 Å². The van der Waals surface area contributed by atoms with Gasteiger partial charge < -0.3 is 15.8 Å². The van der Waals surface area contributed by atoms with Gasteiger partial charge in [0.2, 0.25) is 11.9 Å². The van der Waals surface area contributed by atoms with Gasteiger partial charge in [0.15, 0.2) is 0 Å². The quantitative estimate of drug-likeness (QED) is 0.820. The van der Waals surface area contributed by atoms with Crippen LogP contribution in [-0.2, 0) is 6.42 Å². The highest BCUT2D eigenvalue weighted by Crippen LogP contribution is 2.11. The zero-order valence-electron chi connectivity index (χ0n) is 10.1. The fraction of sp³-hybridized carbons (Fsp3) is 0.250. The number of nitrogens with zero attached hydrogens (tertiary/aromatic N) is 3. The molecule has 0 aliphatic heterocycles. The van der Waals surface area contributed by atoms with E-state index in [4.69, 9.17) is 10.5 Å². The van der Waals surface area contributed by atoms with E-state index in [1.807, 2.05) is 24.3 Å². The van der Waals surface area contributed by atoms with Crippen molar-refractivity contribution in [1.82, 2.24) is 15.0 Å². The summed E-state index contributed by atoms with van der Waals surface area (Å²) in [5.41, 5.74) is 6.67. The lowest BCUT2D eigenvalue weighted by Gasteiger charge is -2.05. The van der Waals surface area contributed by atoms with Crippen molar-refractivity contribution in [3.05, 3.63) is 36.2 Å². The standard InChI is InChI=1S/C12H15N5O/c1-18-10-4-2-9(3-5-10)6-7-14-12-16-8-15-11(13)17-12/h2-5,8H,6-7H2,1H3,(H3,13,14,15,16,17). The third-order valence-electron chi connectivity index (χ3n) is 2.45. The van der Waals surface area contributed by atoms with Crippen LogP contribution >= 0.6 is 0 Å². The highest BCUT2D eigenvalue weighted by atomic mass is 16.5. The van der Waals surface area contributed by atoms with Crippen molar-refractivity contribution >= 4 is 11.9 Å². The van der Waals surface area contributed by atoms with Gasteiger partial charge in [-0.2, -0.15) is 4.98 Å². The van der Waals surface area contributed by atoms with Gasteiger partial charge in [-0.25, -0.2) is 9.97 Å². The van der Waals surface area contributed by atoms with Crippen molar-refractivity contribution in [2.45, 2.75) is 6.42 Å². The van der Waals surface area contributed by atoms with Gasteiger partial charge in [-0.15, -0.1) is 0 Å². The van der Waals surface area contributed by atoms with Crippen LogP contribution in [-0.4, -0.2) is 28.6 Å². The summed E-state index contributed by atoms with van der Waals surface area (Å²) in [6.07, 6.45) is 2.26. The first kappa shape index (κ1) is 12.1. The molecule has 0 unspecified atom stereocenters. The summed E-state index contributed by atoms with van der Waals surface area (Å²) in [7, 11) is 1.65. The van der Waals surface area contributed by atoms with E-state index in [9.17, 15) is 0 Å². The smallest absolute Gasteiger partial charge is 0.227 e. The fourth-order valence-electron chi connectivity index (χ4n) is 1.50. The number of anilines is 2. The molecule has 0 aliphatic rings. The number of aromatic nitrogens is 3. The van der Waals surface area contributed by atoms with Crippen molar-refractivity contribution in [1.29, 1.82) is 0 Å². The minimum absolute atomic E-state index is 0.219. The van der Waals surface area contributed by atoms with E-state index in [0.717, 1.165) is 18.7 Å². The maximum absolute atomic E-state index is 5.46. The Morgan fingerprint density at radius 2 is 2.00 bits per heavy atom. The molecule has 1 aromatic carbocycles. The van der Waals surface area contributed by atoms with E-state index < -0.39 is 0 Å². The zero-order valence-corrected chi connectivity index (χ0v) is 10.1. The molecule has 0 fully saturated rings. The average Bonchev–Trinajstić information content (AvgIpc) is 2.40. The summed E-state index contributed by atoms with van der Waals surface area (Å²) in [4.78, 5) is 11.6. The van der Waals surface area contributed by atoms with Crippen LogP contribution in [0.15, 0.2) is 30.6 Å². The number of nitrogens with two attached hydrogens (primary N) is 1. The number of hydrogen-bond donors (Lipinski definition) is 2. The van der Waals surface area contributed by atoms with Crippen LogP contribution in [0.1, 0.15) is 5.56 Å². The van der Waals surface area contributed by atoms with Crippen LogP contribution in [0.3, 0.4) is 0 Å². The first-order chi connectivity index (χ1) is 8.78. The van der Waals surface area contributed by atoms with Gasteiger partial charge in [-0.3, -0.25) is 0 Å². The Morgan fingerprint density at radius 3 is 2.67 bits per heavy atom. The first-order valence-electron chi connectivity index (χ1n) is 5.59. The number of rotatable bonds is 5. The van der Waals surface area contributed by atoms with E-state index in [2.05, 4.69) is 20.3 Å². The zero-order chi connectivity index (χ0) is 12.8. The van der Waals surface area contributed by atoms with E-state index in [-0.39, 0.29) is 5.95 Å². The molecule has 6 heteroatoms. The molecule has 1 heterocycles. The van der Waals surface area contributed by atoms with Crippen LogP contribution < -0.4 is 15.8 Å². The molecule has 0 spiro atoms. The predicted octanol–water partition coefficient (Wildman–Crippen LogP) is 1.12. The van der Waals surface area contributed by atoms with Gasteiger partial charge in [0, 0.05) is 6.54 Å². The molecule has 0 aliphatic carbocycles. The molecule has 0 saturated heterocycles. The average molecular weight is 245 g/mol. The Labute approximate surface area is 105 Å².